The van der Waals surface area contributed by atoms with Crippen molar-refractivity contribution in [3.63, 3.8) is 0 Å². The molecule has 32 heavy (non-hydrogen) atoms. The minimum absolute atomic E-state index is 0.153. The van der Waals surface area contributed by atoms with Crippen molar-refractivity contribution in [1.82, 2.24) is 25.5 Å². The van der Waals surface area contributed by atoms with E-state index >= 15 is 0 Å². The summed E-state index contributed by atoms with van der Waals surface area (Å²) in [4.78, 5) is 12.9. The summed E-state index contributed by atoms with van der Waals surface area (Å²) in [6, 6.07) is 9.27. The number of ether oxygens (including phenoxy) is 3. The fourth-order valence-electron chi connectivity index (χ4n) is 3.16. The van der Waals surface area contributed by atoms with Crippen LogP contribution in [0, 0.1) is 13.8 Å². The van der Waals surface area contributed by atoms with E-state index < -0.39 is 0 Å². The van der Waals surface area contributed by atoms with E-state index in [-0.39, 0.29) is 12.5 Å². The van der Waals surface area contributed by atoms with Crippen LogP contribution in [0.15, 0.2) is 30.3 Å². The Bertz CT molecular complexity index is 1050. The molecule has 0 saturated carbocycles. The molecule has 0 radical (unpaired) electrons. The van der Waals surface area contributed by atoms with Crippen molar-refractivity contribution in [2.24, 2.45) is 0 Å². The predicted molar refractivity (Wildman–Crippen MR) is 120 cm³/mol. The summed E-state index contributed by atoms with van der Waals surface area (Å²) in [7, 11) is 0. The van der Waals surface area contributed by atoms with E-state index in [1.54, 1.807) is 16.8 Å². The molecule has 1 N–H and O–H groups in total. The molecule has 9 heteroatoms. The van der Waals surface area contributed by atoms with Gasteiger partial charge < -0.3 is 19.5 Å². The third kappa shape index (κ3) is 5.16. The smallest absolute Gasteiger partial charge is 0.251 e. The van der Waals surface area contributed by atoms with Gasteiger partial charge in [-0.1, -0.05) is 6.07 Å². The molecular weight excluding hydrogens is 410 g/mol. The van der Waals surface area contributed by atoms with E-state index in [0.29, 0.717) is 48.5 Å². The lowest BCUT2D eigenvalue weighted by Crippen LogP contribution is -2.25. The maximum atomic E-state index is 12.9. The van der Waals surface area contributed by atoms with Crippen LogP contribution in [0.5, 0.6) is 17.2 Å². The second kappa shape index (κ2) is 10.6. The van der Waals surface area contributed by atoms with E-state index in [0.717, 1.165) is 11.3 Å². The summed E-state index contributed by atoms with van der Waals surface area (Å²) < 4.78 is 18.7. The minimum Gasteiger partial charge on any atom is -0.490 e. The highest BCUT2D eigenvalue weighted by Gasteiger charge is 2.19. The molecule has 3 rings (SSSR count). The van der Waals surface area contributed by atoms with E-state index in [2.05, 4.69) is 20.8 Å². The van der Waals surface area contributed by atoms with Crippen molar-refractivity contribution in [3.8, 4) is 22.9 Å². The number of tetrazole rings is 1. The Morgan fingerprint density at radius 3 is 2.19 bits per heavy atom. The van der Waals surface area contributed by atoms with Crippen molar-refractivity contribution in [2.45, 2.75) is 41.2 Å². The number of hydrogen-bond donors (Lipinski definition) is 1. The van der Waals surface area contributed by atoms with Crippen LogP contribution in [0.2, 0.25) is 0 Å². The van der Waals surface area contributed by atoms with Gasteiger partial charge in [-0.15, -0.1) is 5.10 Å². The molecule has 0 aliphatic heterocycles. The SMILES string of the molecule is CCOc1cc(C(=O)NCc2nnnn2-c2ccc(C)c(C)c2)cc(OCC)c1OCC. The van der Waals surface area contributed by atoms with E-state index in [1.165, 1.54) is 5.56 Å². The number of aromatic nitrogens is 4. The average Bonchev–Trinajstić information content (AvgIpc) is 3.25. The van der Waals surface area contributed by atoms with Gasteiger partial charge in [0.15, 0.2) is 17.3 Å². The molecule has 0 unspecified atom stereocenters. The zero-order valence-electron chi connectivity index (χ0n) is 19.1. The number of nitrogens with zero attached hydrogens (tertiary/aromatic N) is 4. The van der Waals surface area contributed by atoms with Gasteiger partial charge in [-0.3, -0.25) is 4.79 Å². The summed E-state index contributed by atoms with van der Waals surface area (Å²) in [5, 5.41) is 14.8. The molecule has 0 aliphatic carbocycles. The third-order valence-corrected chi connectivity index (χ3v) is 4.85. The summed E-state index contributed by atoms with van der Waals surface area (Å²) in [5.74, 6) is 1.63. The highest BCUT2D eigenvalue weighted by Crippen LogP contribution is 2.39. The minimum atomic E-state index is -0.301. The quantitative estimate of drug-likeness (QED) is 0.517. The molecule has 170 valence electrons. The maximum absolute atomic E-state index is 12.9. The highest BCUT2D eigenvalue weighted by atomic mass is 16.5. The van der Waals surface area contributed by atoms with Gasteiger partial charge in [-0.25, -0.2) is 0 Å². The summed E-state index contributed by atoms with van der Waals surface area (Å²) in [5.41, 5.74) is 3.54. The molecule has 0 saturated heterocycles. The molecule has 0 aliphatic rings. The van der Waals surface area contributed by atoms with E-state index in [4.69, 9.17) is 14.2 Å². The number of aryl methyl sites for hydroxylation is 2. The molecular formula is C23H29N5O4. The van der Waals surface area contributed by atoms with Crippen LogP contribution in [-0.4, -0.2) is 45.9 Å². The molecule has 0 bridgehead atoms. The Morgan fingerprint density at radius 2 is 1.59 bits per heavy atom. The molecule has 0 spiro atoms. The van der Waals surface area contributed by atoms with Gasteiger partial charge in [0.25, 0.3) is 5.91 Å². The van der Waals surface area contributed by atoms with Crippen molar-refractivity contribution in [2.75, 3.05) is 19.8 Å². The highest BCUT2D eigenvalue weighted by molar-refractivity contribution is 5.95. The summed E-state index contributed by atoms with van der Waals surface area (Å²) >= 11 is 0. The monoisotopic (exact) mass is 439 g/mol. The second-order valence-electron chi connectivity index (χ2n) is 7.06. The Balaban J connectivity index is 1.82. The van der Waals surface area contributed by atoms with Gasteiger partial charge in [-0.05, 0) is 80.4 Å². The lowest BCUT2D eigenvalue weighted by molar-refractivity contribution is 0.0948. The zero-order chi connectivity index (χ0) is 23.1. The molecule has 3 aromatic rings. The first kappa shape index (κ1) is 23.1. The first-order valence-corrected chi connectivity index (χ1v) is 10.7. The normalized spacial score (nSPS) is 10.7. The third-order valence-electron chi connectivity index (χ3n) is 4.85. The van der Waals surface area contributed by atoms with Gasteiger partial charge in [0.2, 0.25) is 5.75 Å². The Labute approximate surface area is 187 Å². The fourth-order valence-corrected chi connectivity index (χ4v) is 3.16. The largest absolute Gasteiger partial charge is 0.490 e. The Kier molecular flexibility index (Phi) is 7.64. The van der Waals surface area contributed by atoms with Crippen molar-refractivity contribution in [1.29, 1.82) is 0 Å². The molecule has 1 aromatic heterocycles. The molecule has 0 atom stereocenters. The maximum Gasteiger partial charge on any atom is 0.251 e. The van der Waals surface area contributed by atoms with Crippen LogP contribution >= 0.6 is 0 Å². The van der Waals surface area contributed by atoms with Crippen LogP contribution in [0.25, 0.3) is 5.69 Å². The number of carbonyl (C=O) groups is 1. The summed E-state index contributed by atoms with van der Waals surface area (Å²) in [6.07, 6.45) is 0. The summed E-state index contributed by atoms with van der Waals surface area (Å²) in [6.45, 7) is 11.2. The van der Waals surface area contributed by atoms with Crippen LogP contribution in [0.4, 0.5) is 0 Å². The van der Waals surface area contributed by atoms with E-state index in [9.17, 15) is 4.79 Å². The van der Waals surface area contributed by atoms with Crippen LogP contribution in [0.1, 0.15) is 48.1 Å². The average molecular weight is 440 g/mol. The van der Waals surface area contributed by atoms with E-state index in [1.807, 2.05) is 52.8 Å². The zero-order valence-corrected chi connectivity index (χ0v) is 19.1. The van der Waals surface area contributed by atoms with Gasteiger partial charge in [0.05, 0.1) is 32.1 Å². The van der Waals surface area contributed by atoms with Crippen molar-refractivity contribution < 1.29 is 19.0 Å². The predicted octanol–water partition coefficient (Wildman–Crippen LogP) is 3.41. The number of amides is 1. The number of nitrogens with one attached hydrogen (secondary N) is 1. The first-order valence-electron chi connectivity index (χ1n) is 10.7. The molecule has 1 amide bonds. The lowest BCUT2D eigenvalue weighted by Gasteiger charge is -2.17. The van der Waals surface area contributed by atoms with Gasteiger partial charge in [-0.2, -0.15) is 4.68 Å². The van der Waals surface area contributed by atoms with Crippen LogP contribution in [-0.2, 0) is 6.54 Å². The standard InChI is InChI=1S/C23H29N5O4/c1-6-30-19-12-17(13-20(31-7-2)22(19)32-8-3)23(29)24-14-21-25-26-27-28(21)18-10-9-15(4)16(5)11-18/h9-13H,6-8,14H2,1-5H3,(H,24,29). The van der Waals surface area contributed by atoms with Crippen molar-refractivity contribution in [3.05, 3.63) is 52.8 Å². The topological polar surface area (TPSA) is 100 Å². The lowest BCUT2D eigenvalue weighted by atomic mass is 10.1. The number of benzene rings is 2. The molecule has 2 aromatic carbocycles. The Morgan fingerprint density at radius 1 is 0.938 bits per heavy atom. The van der Waals surface area contributed by atoms with Crippen LogP contribution < -0.4 is 19.5 Å². The van der Waals surface area contributed by atoms with Gasteiger partial charge in [0.1, 0.15) is 0 Å². The van der Waals surface area contributed by atoms with Crippen molar-refractivity contribution >= 4 is 5.91 Å². The molecule has 1 heterocycles. The second-order valence-corrected chi connectivity index (χ2v) is 7.06. The fraction of sp³-hybridized carbons (Fsp3) is 0.391. The molecule has 9 nitrogen and oxygen atoms in total. The Hall–Kier alpha value is -3.62. The number of rotatable bonds is 10. The number of hydrogen-bond acceptors (Lipinski definition) is 7. The number of carbonyl (C=O) groups excluding carboxylic acids is 1. The van der Waals surface area contributed by atoms with Gasteiger partial charge >= 0.3 is 0 Å². The van der Waals surface area contributed by atoms with Gasteiger partial charge in [0, 0.05) is 5.56 Å². The molecule has 0 fully saturated rings. The first-order chi connectivity index (χ1) is 15.5. The van der Waals surface area contributed by atoms with Crippen LogP contribution in [0.3, 0.4) is 0 Å².